The number of hydrogen-bond donors (Lipinski definition) is 1. The maximum absolute atomic E-state index is 10.1. The number of hydrogen-bond acceptors (Lipinski definition) is 3. The van der Waals surface area contributed by atoms with Crippen LogP contribution in [-0.4, -0.2) is 41.1 Å². The van der Waals surface area contributed by atoms with Crippen molar-refractivity contribution in [3.8, 4) is 5.75 Å². The lowest BCUT2D eigenvalue weighted by Gasteiger charge is -2.35. The summed E-state index contributed by atoms with van der Waals surface area (Å²) in [7, 11) is 0. The third kappa shape index (κ3) is 3.92. The second-order valence-corrected chi connectivity index (χ2v) is 6.68. The van der Waals surface area contributed by atoms with E-state index < -0.39 is 0 Å². The van der Waals surface area contributed by atoms with Gasteiger partial charge in [-0.05, 0) is 74.4 Å². The van der Waals surface area contributed by atoms with Crippen molar-refractivity contribution in [3.63, 3.8) is 0 Å². The highest BCUT2D eigenvalue weighted by Gasteiger charge is 2.25. The Hall–Kier alpha value is -0.670. The highest BCUT2D eigenvalue weighted by molar-refractivity contribution is 7.98. The Morgan fingerprint density at radius 1 is 1.35 bits per heavy atom. The highest BCUT2D eigenvalue weighted by Crippen LogP contribution is 2.30. The van der Waals surface area contributed by atoms with Crippen LogP contribution in [0.15, 0.2) is 18.2 Å². The molecular formula is C17H27NOS. The van der Waals surface area contributed by atoms with Gasteiger partial charge in [0.1, 0.15) is 5.75 Å². The predicted molar refractivity (Wildman–Crippen MR) is 88.8 cm³/mol. The molecule has 0 saturated carbocycles. The molecule has 1 unspecified atom stereocenters. The van der Waals surface area contributed by atoms with Crippen molar-refractivity contribution in [1.29, 1.82) is 0 Å². The minimum absolute atomic E-state index is 0.493. The fourth-order valence-corrected chi connectivity index (χ4v) is 3.66. The number of phenolic OH excluding ortho intramolecular Hbond substituents is 1. The molecule has 1 aromatic carbocycles. The van der Waals surface area contributed by atoms with Gasteiger partial charge in [-0.2, -0.15) is 11.8 Å². The van der Waals surface area contributed by atoms with Gasteiger partial charge in [-0.15, -0.1) is 0 Å². The van der Waals surface area contributed by atoms with Crippen molar-refractivity contribution >= 4 is 11.8 Å². The van der Waals surface area contributed by atoms with Gasteiger partial charge in [-0.3, -0.25) is 0 Å². The van der Waals surface area contributed by atoms with E-state index in [2.05, 4.69) is 24.1 Å². The second kappa shape index (κ2) is 7.94. The summed E-state index contributed by atoms with van der Waals surface area (Å²) in [4.78, 5) is 2.64. The first-order chi connectivity index (χ1) is 9.76. The zero-order valence-corrected chi connectivity index (χ0v) is 13.6. The van der Waals surface area contributed by atoms with Crippen LogP contribution in [0.5, 0.6) is 5.75 Å². The lowest BCUT2D eigenvalue weighted by atomic mass is 9.86. The summed E-state index contributed by atoms with van der Waals surface area (Å²) in [6.45, 7) is 4.64. The molecule has 1 atom stereocenters. The lowest BCUT2D eigenvalue weighted by molar-refractivity contribution is 0.179. The normalized spacial score (nSPS) is 18.2. The fraction of sp³-hybridized carbons (Fsp3) is 0.647. The Morgan fingerprint density at radius 3 is 2.95 bits per heavy atom. The number of phenols is 1. The maximum Gasteiger partial charge on any atom is 0.119 e. The van der Waals surface area contributed by atoms with E-state index in [1.165, 1.54) is 49.2 Å². The quantitative estimate of drug-likeness (QED) is 0.775. The molecule has 0 amide bonds. The van der Waals surface area contributed by atoms with E-state index in [1.807, 2.05) is 23.9 Å². The second-order valence-electron chi connectivity index (χ2n) is 5.69. The number of aryl methyl sites for hydroxylation is 1. The summed E-state index contributed by atoms with van der Waals surface area (Å²) in [5.41, 5.74) is 2.54. The molecule has 112 valence electrons. The zero-order chi connectivity index (χ0) is 14.4. The van der Waals surface area contributed by atoms with Crippen LogP contribution in [0.4, 0.5) is 0 Å². The number of nitrogens with zero attached hydrogens (tertiary/aromatic N) is 1. The van der Waals surface area contributed by atoms with E-state index in [9.17, 15) is 5.11 Å². The van der Waals surface area contributed by atoms with Gasteiger partial charge in [0.2, 0.25) is 0 Å². The molecule has 20 heavy (non-hydrogen) atoms. The summed E-state index contributed by atoms with van der Waals surface area (Å²) < 4.78 is 0. The Labute approximate surface area is 127 Å². The highest BCUT2D eigenvalue weighted by atomic mass is 32.2. The lowest BCUT2D eigenvalue weighted by Crippen LogP contribution is -2.40. The van der Waals surface area contributed by atoms with Crippen molar-refractivity contribution < 1.29 is 5.11 Å². The summed E-state index contributed by atoms with van der Waals surface area (Å²) in [6.07, 6.45) is 8.02. The van der Waals surface area contributed by atoms with Gasteiger partial charge in [0, 0.05) is 6.04 Å². The van der Waals surface area contributed by atoms with Crippen LogP contribution >= 0.6 is 11.8 Å². The first-order valence-electron chi connectivity index (χ1n) is 7.79. The Balaban J connectivity index is 2.02. The minimum atomic E-state index is 0.493. The molecule has 3 heteroatoms. The van der Waals surface area contributed by atoms with Gasteiger partial charge in [0.05, 0.1) is 0 Å². The minimum Gasteiger partial charge on any atom is -0.508 e. The summed E-state index contributed by atoms with van der Waals surface area (Å²) in [5, 5.41) is 10.1. The van der Waals surface area contributed by atoms with Gasteiger partial charge in [-0.1, -0.05) is 19.1 Å². The Kier molecular flexibility index (Phi) is 6.24. The molecule has 0 aromatic heterocycles. The van der Waals surface area contributed by atoms with Crippen LogP contribution in [0.3, 0.4) is 0 Å². The number of thioether (sulfide) groups is 1. The number of fused-ring (bicyclic) bond motifs is 1. The van der Waals surface area contributed by atoms with Crippen molar-refractivity contribution in [2.45, 2.75) is 45.1 Å². The van der Waals surface area contributed by atoms with Crippen LogP contribution in [0, 0.1) is 0 Å². The monoisotopic (exact) mass is 293 g/mol. The van der Waals surface area contributed by atoms with Crippen molar-refractivity contribution in [3.05, 3.63) is 29.3 Å². The average Bonchev–Trinajstić information content (AvgIpc) is 2.47. The smallest absolute Gasteiger partial charge is 0.119 e. The van der Waals surface area contributed by atoms with Gasteiger partial charge in [0.15, 0.2) is 0 Å². The van der Waals surface area contributed by atoms with Gasteiger partial charge >= 0.3 is 0 Å². The van der Waals surface area contributed by atoms with Gasteiger partial charge in [0.25, 0.3) is 0 Å². The van der Waals surface area contributed by atoms with E-state index in [0.29, 0.717) is 11.8 Å². The van der Waals surface area contributed by atoms with Crippen LogP contribution in [0.25, 0.3) is 0 Å². The first kappa shape index (κ1) is 15.7. The summed E-state index contributed by atoms with van der Waals surface area (Å²) >= 11 is 1.93. The Morgan fingerprint density at radius 2 is 2.20 bits per heavy atom. The SMILES string of the molecule is CCCN(CCCSC)C1CCc2cccc(O)c2C1. The average molecular weight is 293 g/mol. The molecule has 0 aliphatic heterocycles. The van der Waals surface area contributed by atoms with Crippen LogP contribution in [-0.2, 0) is 12.8 Å². The molecule has 0 bridgehead atoms. The fourth-order valence-electron chi connectivity index (χ4n) is 3.24. The predicted octanol–water partition coefficient (Wildman–Crippen LogP) is 3.71. The van der Waals surface area contributed by atoms with E-state index in [-0.39, 0.29) is 0 Å². The molecule has 0 saturated heterocycles. The van der Waals surface area contributed by atoms with E-state index in [4.69, 9.17) is 0 Å². The molecule has 1 aliphatic carbocycles. The Bertz CT molecular complexity index is 421. The molecule has 1 aliphatic rings. The third-order valence-electron chi connectivity index (χ3n) is 4.26. The number of aromatic hydroxyl groups is 1. The zero-order valence-electron chi connectivity index (χ0n) is 12.8. The largest absolute Gasteiger partial charge is 0.508 e. The molecule has 1 N–H and O–H groups in total. The standard InChI is InChI=1S/C17H27NOS/c1-3-10-18(11-5-12-20-2)15-9-8-14-6-4-7-17(19)16(14)13-15/h4,6-7,15,19H,3,5,8-13H2,1-2H3. The van der Waals surface area contributed by atoms with Crippen LogP contribution in [0.2, 0.25) is 0 Å². The summed E-state index contributed by atoms with van der Waals surface area (Å²) in [5.74, 6) is 1.74. The van der Waals surface area contributed by atoms with Crippen molar-refractivity contribution in [2.75, 3.05) is 25.1 Å². The van der Waals surface area contributed by atoms with Gasteiger partial charge < -0.3 is 10.0 Å². The van der Waals surface area contributed by atoms with Crippen molar-refractivity contribution in [2.24, 2.45) is 0 Å². The van der Waals surface area contributed by atoms with E-state index >= 15 is 0 Å². The topological polar surface area (TPSA) is 23.5 Å². The molecule has 1 aromatic rings. The molecule has 0 radical (unpaired) electrons. The molecule has 0 fully saturated rings. The molecular weight excluding hydrogens is 266 g/mol. The first-order valence-corrected chi connectivity index (χ1v) is 9.18. The van der Waals surface area contributed by atoms with Gasteiger partial charge in [-0.25, -0.2) is 0 Å². The van der Waals surface area contributed by atoms with E-state index in [0.717, 1.165) is 12.8 Å². The molecule has 0 spiro atoms. The molecule has 2 nitrogen and oxygen atoms in total. The summed E-state index contributed by atoms with van der Waals surface area (Å²) in [6, 6.07) is 6.58. The van der Waals surface area contributed by atoms with Crippen molar-refractivity contribution in [1.82, 2.24) is 4.90 Å². The van der Waals surface area contributed by atoms with Crippen LogP contribution < -0.4 is 0 Å². The molecule has 2 rings (SSSR count). The number of rotatable bonds is 7. The van der Waals surface area contributed by atoms with E-state index in [1.54, 1.807) is 0 Å². The van der Waals surface area contributed by atoms with Crippen LogP contribution in [0.1, 0.15) is 37.3 Å². The molecule has 0 heterocycles. The maximum atomic E-state index is 10.1. The third-order valence-corrected chi connectivity index (χ3v) is 4.95. The number of benzene rings is 1.